The van der Waals surface area contributed by atoms with Crippen LogP contribution >= 0.6 is 23.2 Å². The van der Waals surface area contributed by atoms with E-state index in [4.69, 9.17) is 28.5 Å². The van der Waals surface area contributed by atoms with E-state index in [9.17, 15) is 9.59 Å². The van der Waals surface area contributed by atoms with E-state index in [1.54, 1.807) is 18.2 Å². The number of benzene rings is 1. The van der Waals surface area contributed by atoms with Crippen LogP contribution < -0.4 is 10.6 Å². The Hall–Kier alpha value is -1.77. The van der Waals surface area contributed by atoms with Crippen LogP contribution in [0.15, 0.2) is 18.2 Å². The minimum absolute atomic E-state index is 0.222. The number of urea groups is 1. The second kappa shape index (κ2) is 4.84. The molecule has 2 N–H and O–H groups in total. The van der Waals surface area contributed by atoms with Crippen molar-refractivity contribution >= 4 is 35.1 Å². The molecule has 0 aromatic heterocycles. The van der Waals surface area contributed by atoms with E-state index in [1.807, 2.05) is 11.4 Å². The average molecular weight is 284 g/mol. The molecule has 1 heterocycles. The molecule has 1 aliphatic rings. The molecule has 0 aliphatic carbocycles. The molecule has 1 aromatic carbocycles. The molecule has 92 valence electrons. The lowest BCUT2D eigenvalue weighted by Gasteiger charge is -2.28. The van der Waals surface area contributed by atoms with Gasteiger partial charge in [0.25, 0.3) is 0 Å². The topological polar surface area (TPSA) is 82.0 Å². The highest BCUT2D eigenvalue weighted by Crippen LogP contribution is 2.34. The molecule has 0 spiro atoms. The van der Waals surface area contributed by atoms with Gasteiger partial charge in [-0.3, -0.25) is 10.1 Å². The third-order valence-corrected chi connectivity index (χ3v) is 3.43. The maximum atomic E-state index is 11.5. The summed E-state index contributed by atoms with van der Waals surface area (Å²) in [7, 11) is 0. The highest BCUT2D eigenvalue weighted by Gasteiger charge is 2.37. The van der Waals surface area contributed by atoms with E-state index in [2.05, 4.69) is 5.32 Å². The second-order valence-corrected chi connectivity index (χ2v) is 4.48. The number of hydrogen-bond donors (Lipinski definition) is 2. The Morgan fingerprint density at radius 3 is 2.67 bits per heavy atom. The van der Waals surface area contributed by atoms with Crippen LogP contribution in [0.25, 0.3) is 0 Å². The monoisotopic (exact) mass is 283 g/mol. The summed E-state index contributed by atoms with van der Waals surface area (Å²) in [4.78, 5) is 22.8. The molecule has 1 aromatic rings. The normalized spacial score (nSPS) is 22.9. The molecule has 18 heavy (non-hydrogen) atoms. The zero-order valence-corrected chi connectivity index (χ0v) is 10.4. The number of imide groups is 1. The predicted molar refractivity (Wildman–Crippen MR) is 65.0 cm³/mol. The molecule has 5 nitrogen and oxygen atoms in total. The number of amides is 3. The molecule has 3 amide bonds. The summed E-state index contributed by atoms with van der Waals surface area (Å²) in [6, 6.07) is 5.21. The third kappa shape index (κ3) is 2.13. The molecule has 1 fully saturated rings. The zero-order valence-electron chi connectivity index (χ0n) is 8.91. The van der Waals surface area contributed by atoms with Crippen molar-refractivity contribution in [2.45, 2.75) is 6.04 Å². The summed E-state index contributed by atoms with van der Waals surface area (Å²) in [5, 5.41) is 14.0. The summed E-state index contributed by atoms with van der Waals surface area (Å²) in [5.74, 6) is -1.69. The molecule has 0 saturated carbocycles. The molecule has 1 aliphatic heterocycles. The number of hydrogen-bond acceptors (Lipinski definition) is 3. The molecule has 0 radical (unpaired) electrons. The van der Waals surface area contributed by atoms with Gasteiger partial charge in [0.1, 0.15) is 5.92 Å². The number of rotatable bonds is 1. The van der Waals surface area contributed by atoms with Gasteiger partial charge in [0.15, 0.2) is 0 Å². The molecular weight excluding hydrogens is 277 g/mol. The van der Waals surface area contributed by atoms with Crippen molar-refractivity contribution in [1.29, 1.82) is 5.26 Å². The second-order valence-electron chi connectivity index (χ2n) is 3.69. The average Bonchev–Trinajstić information content (AvgIpc) is 2.32. The van der Waals surface area contributed by atoms with Crippen molar-refractivity contribution < 1.29 is 9.59 Å². The molecule has 1 saturated heterocycles. The van der Waals surface area contributed by atoms with Crippen LogP contribution in [-0.4, -0.2) is 11.9 Å². The lowest BCUT2D eigenvalue weighted by Crippen LogP contribution is -2.53. The first kappa shape index (κ1) is 12.7. The largest absolute Gasteiger partial charge is 0.329 e. The Morgan fingerprint density at radius 1 is 1.28 bits per heavy atom. The molecule has 2 unspecified atom stereocenters. The van der Waals surface area contributed by atoms with Gasteiger partial charge in [0.05, 0.1) is 22.2 Å². The van der Waals surface area contributed by atoms with Crippen LogP contribution in [0.3, 0.4) is 0 Å². The van der Waals surface area contributed by atoms with E-state index < -0.39 is 23.9 Å². The van der Waals surface area contributed by atoms with Crippen LogP contribution in [0.4, 0.5) is 4.79 Å². The van der Waals surface area contributed by atoms with Gasteiger partial charge in [-0.15, -0.1) is 0 Å². The minimum Gasteiger partial charge on any atom is -0.329 e. The number of nitriles is 1. The fraction of sp³-hybridized carbons (Fsp3) is 0.182. The van der Waals surface area contributed by atoms with E-state index in [-0.39, 0.29) is 5.02 Å². The van der Waals surface area contributed by atoms with Gasteiger partial charge >= 0.3 is 6.03 Å². The van der Waals surface area contributed by atoms with E-state index in [0.717, 1.165) is 0 Å². The van der Waals surface area contributed by atoms with Crippen molar-refractivity contribution in [3.63, 3.8) is 0 Å². The van der Waals surface area contributed by atoms with Gasteiger partial charge in [0, 0.05) is 0 Å². The first-order valence-corrected chi connectivity index (χ1v) is 5.75. The Kier molecular flexibility index (Phi) is 3.41. The van der Waals surface area contributed by atoms with Crippen molar-refractivity contribution in [2.75, 3.05) is 0 Å². The van der Waals surface area contributed by atoms with Crippen molar-refractivity contribution in [2.24, 2.45) is 5.92 Å². The number of nitrogens with one attached hydrogen (secondary N) is 2. The number of carbonyl (C=O) groups excluding carboxylic acids is 2. The van der Waals surface area contributed by atoms with Gasteiger partial charge in [-0.05, 0) is 11.6 Å². The number of carbonyl (C=O) groups is 2. The lowest BCUT2D eigenvalue weighted by molar-refractivity contribution is -0.124. The fourth-order valence-electron chi connectivity index (χ4n) is 1.75. The lowest BCUT2D eigenvalue weighted by atomic mass is 9.92. The summed E-state index contributed by atoms with van der Waals surface area (Å²) >= 11 is 11.9. The van der Waals surface area contributed by atoms with Crippen LogP contribution in [-0.2, 0) is 4.79 Å². The van der Waals surface area contributed by atoms with Gasteiger partial charge in [-0.2, -0.15) is 5.26 Å². The van der Waals surface area contributed by atoms with Crippen LogP contribution in [0.2, 0.25) is 10.0 Å². The first-order chi connectivity index (χ1) is 8.54. The zero-order chi connectivity index (χ0) is 13.3. The van der Waals surface area contributed by atoms with Crippen LogP contribution in [0.5, 0.6) is 0 Å². The highest BCUT2D eigenvalue weighted by molar-refractivity contribution is 6.42. The Balaban J connectivity index is 2.47. The van der Waals surface area contributed by atoms with Gasteiger partial charge < -0.3 is 5.32 Å². The molecular formula is C11H7Cl2N3O2. The van der Waals surface area contributed by atoms with Crippen LogP contribution in [0, 0.1) is 17.2 Å². The van der Waals surface area contributed by atoms with Gasteiger partial charge in [0.2, 0.25) is 5.91 Å². The third-order valence-electron chi connectivity index (χ3n) is 2.59. The first-order valence-electron chi connectivity index (χ1n) is 4.99. The van der Waals surface area contributed by atoms with E-state index >= 15 is 0 Å². The summed E-state index contributed by atoms with van der Waals surface area (Å²) in [6.45, 7) is 0. The summed E-state index contributed by atoms with van der Waals surface area (Å²) < 4.78 is 0. The summed E-state index contributed by atoms with van der Waals surface area (Å²) in [6.07, 6.45) is 0. The van der Waals surface area contributed by atoms with E-state index in [0.29, 0.717) is 10.6 Å². The Morgan fingerprint density at radius 2 is 2.00 bits per heavy atom. The maximum absolute atomic E-state index is 11.5. The molecule has 2 rings (SSSR count). The fourth-order valence-corrected chi connectivity index (χ4v) is 2.18. The Labute approximate surface area is 113 Å². The number of nitrogens with zero attached hydrogens (tertiary/aromatic N) is 1. The van der Waals surface area contributed by atoms with Crippen molar-refractivity contribution in [3.8, 4) is 6.07 Å². The molecule has 7 heteroatoms. The SMILES string of the molecule is N#CC1C(=O)NC(=O)NC1c1cccc(Cl)c1Cl. The smallest absolute Gasteiger partial charge is 0.322 e. The minimum atomic E-state index is -1.04. The van der Waals surface area contributed by atoms with E-state index in [1.165, 1.54) is 0 Å². The van der Waals surface area contributed by atoms with Gasteiger partial charge in [-0.1, -0.05) is 35.3 Å². The predicted octanol–water partition coefficient (Wildman–Crippen LogP) is 2.01. The van der Waals surface area contributed by atoms with Crippen LogP contribution in [0.1, 0.15) is 11.6 Å². The van der Waals surface area contributed by atoms with Crippen molar-refractivity contribution in [3.05, 3.63) is 33.8 Å². The Bertz CT molecular complexity index is 568. The summed E-state index contributed by atoms with van der Waals surface area (Å²) in [5.41, 5.74) is 0.443. The quantitative estimate of drug-likeness (QED) is 0.827. The maximum Gasteiger partial charge on any atom is 0.322 e. The molecule has 0 bridgehead atoms. The number of halogens is 2. The molecule has 2 atom stereocenters. The van der Waals surface area contributed by atoms with Crippen molar-refractivity contribution in [1.82, 2.24) is 10.6 Å². The standard InChI is InChI=1S/C11H7Cl2N3O2/c12-7-3-1-2-5(8(7)13)9-6(4-14)10(17)16-11(18)15-9/h1-3,6,9H,(H2,15,16,17,18). The van der Waals surface area contributed by atoms with Gasteiger partial charge in [-0.25, -0.2) is 4.79 Å². The highest BCUT2D eigenvalue weighted by atomic mass is 35.5.